The average Bonchev–Trinajstić information content (AvgIpc) is 2.16. The van der Waals surface area contributed by atoms with Gasteiger partial charge in [-0.2, -0.15) is 0 Å². The second-order valence-electron chi connectivity index (χ2n) is 4.22. The predicted octanol–water partition coefficient (Wildman–Crippen LogP) is 2.30. The van der Waals surface area contributed by atoms with Crippen LogP contribution in [0.15, 0.2) is 23.6 Å². The third kappa shape index (κ3) is 5.70. The zero-order chi connectivity index (χ0) is 12.0. The topological polar surface area (TPSA) is 52.1 Å². The highest BCUT2D eigenvalue weighted by atomic mass is 32.2. The lowest BCUT2D eigenvalue weighted by atomic mass is 10.2. The number of carbonyl (C=O) groups is 1. The number of ether oxygens (including phenoxy) is 1. The Balaban J connectivity index is 2.24. The standard InChI is InChI=1S/C11H16N2O2S/c1-11(2,3)15-9(14)5-8-16-10-12-6-4-7-13-10/h4,6-7H,5,8H2,1-3H3. The van der Waals surface area contributed by atoms with Crippen molar-refractivity contribution in [1.82, 2.24) is 9.97 Å². The summed E-state index contributed by atoms with van der Waals surface area (Å²) in [4.78, 5) is 19.5. The molecule has 0 fully saturated rings. The van der Waals surface area contributed by atoms with E-state index in [1.165, 1.54) is 11.8 Å². The third-order valence-corrected chi connectivity index (χ3v) is 2.38. The maximum Gasteiger partial charge on any atom is 0.307 e. The highest BCUT2D eigenvalue weighted by Gasteiger charge is 2.15. The van der Waals surface area contributed by atoms with Gasteiger partial charge in [0.25, 0.3) is 0 Å². The fourth-order valence-corrected chi connectivity index (χ4v) is 1.70. The van der Waals surface area contributed by atoms with Crippen LogP contribution in [0.2, 0.25) is 0 Å². The minimum Gasteiger partial charge on any atom is -0.460 e. The van der Waals surface area contributed by atoms with Crippen LogP contribution in [0, 0.1) is 0 Å². The van der Waals surface area contributed by atoms with Crippen molar-refractivity contribution in [3.8, 4) is 0 Å². The van der Waals surface area contributed by atoms with Crippen LogP contribution in [0.5, 0.6) is 0 Å². The summed E-state index contributed by atoms with van der Waals surface area (Å²) in [5.74, 6) is 0.454. The molecule has 0 aliphatic carbocycles. The Morgan fingerprint density at radius 1 is 1.38 bits per heavy atom. The van der Waals surface area contributed by atoms with Crippen molar-refractivity contribution < 1.29 is 9.53 Å². The van der Waals surface area contributed by atoms with Gasteiger partial charge in [0.15, 0.2) is 5.16 Å². The van der Waals surface area contributed by atoms with Crippen molar-refractivity contribution >= 4 is 17.7 Å². The lowest BCUT2D eigenvalue weighted by Crippen LogP contribution is -2.24. The first-order valence-corrected chi connectivity index (χ1v) is 6.07. The SMILES string of the molecule is CC(C)(C)OC(=O)CCSc1ncccn1. The van der Waals surface area contributed by atoms with Gasteiger partial charge in [0.2, 0.25) is 0 Å². The van der Waals surface area contributed by atoms with Crippen LogP contribution in [0.25, 0.3) is 0 Å². The maximum atomic E-state index is 11.4. The molecule has 4 nitrogen and oxygen atoms in total. The lowest BCUT2D eigenvalue weighted by Gasteiger charge is -2.19. The Bertz CT molecular complexity index is 336. The highest BCUT2D eigenvalue weighted by molar-refractivity contribution is 7.99. The van der Waals surface area contributed by atoms with Crippen LogP contribution in [0.3, 0.4) is 0 Å². The van der Waals surface area contributed by atoms with E-state index in [4.69, 9.17) is 4.74 Å². The minimum absolute atomic E-state index is 0.184. The normalized spacial score (nSPS) is 11.2. The fourth-order valence-electron chi connectivity index (χ4n) is 0.978. The van der Waals surface area contributed by atoms with E-state index in [1.807, 2.05) is 20.8 Å². The highest BCUT2D eigenvalue weighted by Crippen LogP contribution is 2.14. The predicted molar refractivity (Wildman–Crippen MR) is 63.2 cm³/mol. The Morgan fingerprint density at radius 2 is 2.00 bits per heavy atom. The van der Waals surface area contributed by atoms with Crippen molar-refractivity contribution in [2.24, 2.45) is 0 Å². The summed E-state index contributed by atoms with van der Waals surface area (Å²) in [5.41, 5.74) is -0.412. The van der Waals surface area contributed by atoms with Gasteiger partial charge in [-0.15, -0.1) is 0 Å². The molecule has 88 valence electrons. The zero-order valence-electron chi connectivity index (χ0n) is 9.77. The zero-order valence-corrected chi connectivity index (χ0v) is 10.6. The largest absolute Gasteiger partial charge is 0.460 e. The van der Waals surface area contributed by atoms with E-state index in [-0.39, 0.29) is 5.97 Å². The maximum absolute atomic E-state index is 11.4. The van der Waals surface area contributed by atoms with Crippen molar-refractivity contribution in [3.63, 3.8) is 0 Å². The molecule has 16 heavy (non-hydrogen) atoms. The molecule has 1 heterocycles. The molecule has 1 rings (SSSR count). The van der Waals surface area contributed by atoms with Gasteiger partial charge in [-0.25, -0.2) is 9.97 Å². The van der Waals surface area contributed by atoms with Crippen LogP contribution in [-0.4, -0.2) is 27.3 Å². The summed E-state index contributed by atoms with van der Waals surface area (Å²) in [7, 11) is 0. The smallest absolute Gasteiger partial charge is 0.307 e. The van der Waals surface area contributed by atoms with Gasteiger partial charge in [-0.1, -0.05) is 11.8 Å². The summed E-state index contributed by atoms with van der Waals surface area (Å²) in [6, 6.07) is 1.76. The number of rotatable bonds is 4. The van der Waals surface area contributed by atoms with E-state index in [9.17, 15) is 4.79 Å². The molecule has 0 bridgehead atoms. The van der Waals surface area contributed by atoms with Crippen molar-refractivity contribution in [1.29, 1.82) is 0 Å². The van der Waals surface area contributed by atoms with Gasteiger partial charge in [0, 0.05) is 18.1 Å². The lowest BCUT2D eigenvalue weighted by molar-refractivity contribution is -0.154. The first kappa shape index (κ1) is 13.0. The van der Waals surface area contributed by atoms with Gasteiger partial charge < -0.3 is 4.74 Å². The van der Waals surface area contributed by atoms with Gasteiger partial charge in [0.05, 0.1) is 6.42 Å². The van der Waals surface area contributed by atoms with Crippen LogP contribution < -0.4 is 0 Å². The number of carbonyl (C=O) groups excluding carboxylic acids is 1. The van der Waals surface area contributed by atoms with Crippen LogP contribution >= 0.6 is 11.8 Å². The second kappa shape index (κ2) is 5.84. The van der Waals surface area contributed by atoms with Crippen LogP contribution in [-0.2, 0) is 9.53 Å². The molecule has 1 aromatic rings. The minimum atomic E-state index is -0.412. The van der Waals surface area contributed by atoms with E-state index in [2.05, 4.69) is 9.97 Å². The van der Waals surface area contributed by atoms with E-state index < -0.39 is 5.60 Å². The quantitative estimate of drug-likeness (QED) is 0.459. The molecular weight excluding hydrogens is 224 g/mol. The summed E-state index contributed by atoms with van der Waals surface area (Å²) >= 11 is 1.45. The second-order valence-corrected chi connectivity index (χ2v) is 5.28. The Labute approximate surface area is 99.8 Å². The molecule has 0 saturated carbocycles. The monoisotopic (exact) mass is 240 g/mol. The van der Waals surface area contributed by atoms with E-state index >= 15 is 0 Å². The Kier molecular flexibility index (Phi) is 4.73. The number of esters is 1. The van der Waals surface area contributed by atoms with E-state index in [1.54, 1.807) is 18.5 Å². The molecule has 0 N–H and O–H groups in total. The van der Waals surface area contributed by atoms with Gasteiger partial charge in [-0.3, -0.25) is 4.79 Å². The third-order valence-electron chi connectivity index (χ3n) is 1.50. The Morgan fingerprint density at radius 3 is 2.56 bits per heavy atom. The summed E-state index contributed by atoms with van der Waals surface area (Å²) < 4.78 is 5.18. The van der Waals surface area contributed by atoms with Crippen molar-refractivity contribution in [2.75, 3.05) is 5.75 Å². The molecule has 0 amide bonds. The molecular formula is C11H16N2O2S. The van der Waals surface area contributed by atoms with Crippen LogP contribution in [0.1, 0.15) is 27.2 Å². The number of thioether (sulfide) groups is 1. The first-order chi connectivity index (χ1) is 7.47. The van der Waals surface area contributed by atoms with Gasteiger partial charge in [0.1, 0.15) is 5.60 Å². The number of aromatic nitrogens is 2. The van der Waals surface area contributed by atoms with E-state index in [0.717, 1.165) is 0 Å². The molecule has 0 unspecified atom stereocenters. The molecule has 0 aliphatic rings. The summed E-state index contributed by atoms with van der Waals surface area (Å²) in [6.45, 7) is 5.58. The van der Waals surface area contributed by atoms with Crippen molar-refractivity contribution in [2.45, 2.75) is 37.9 Å². The number of nitrogens with zero attached hydrogens (tertiary/aromatic N) is 2. The number of hydrogen-bond donors (Lipinski definition) is 0. The summed E-state index contributed by atoms with van der Waals surface area (Å²) in [6.07, 6.45) is 3.74. The fraction of sp³-hybridized carbons (Fsp3) is 0.545. The molecule has 0 aliphatic heterocycles. The van der Waals surface area contributed by atoms with Gasteiger partial charge in [-0.05, 0) is 26.8 Å². The molecule has 0 spiro atoms. The molecule has 0 radical (unpaired) electrons. The van der Waals surface area contributed by atoms with Gasteiger partial charge >= 0.3 is 5.97 Å². The molecule has 5 heteroatoms. The van der Waals surface area contributed by atoms with Crippen LogP contribution in [0.4, 0.5) is 0 Å². The molecule has 0 aromatic carbocycles. The number of hydrogen-bond acceptors (Lipinski definition) is 5. The average molecular weight is 240 g/mol. The summed E-state index contributed by atoms with van der Waals surface area (Å²) in [5, 5.41) is 0.686. The molecule has 0 saturated heterocycles. The van der Waals surface area contributed by atoms with E-state index in [0.29, 0.717) is 17.3 Å². The molecule has 1 aromatic heterocycles. The Hall–Kier alpha value is -1.10. The molecule has 0 atom stereocenters. The first-order valence-electron chi connectivity index (χ1n) is 5.09. The van der Waals surface area contributed by atoms with Crippen molar-refractivity contribution in [3.05, 3.63) is 18.5 Å².